The van der Waals surface area contributed by atoms with Crippen molar-refractivity contribution >= 4 is 0 Å². The van der Waals surface area contributed by atoms with Crippen molar-refractivity contribution in [2.45, 2.75) is 19.9 Å². The lowest BCUT2D eigenvalue weighted by atomic mass is 10.1. The third-order valence-electron chi connectivity index (χ3n) is 3.67. The zero-order chi connectivity index (χ0) is 14.7. The molecule has 2 aromatic carbocycles. The molecule has 0 unspecified atom stereocenters. The van der Waals surface area contributed by atoms with Gasteiger partial charge in [-0.25, -0.2) is 4.68 Å². The van der Waals surface area contributed by atoms with Crippen LogP contribution in [0.25, 0.3) is 16.9 Å². The Kier molecular flexibility index (Phi) is 3.84. The summed E-state index contributed by atoms with van der Waals surface area (Å²) in [5.41, 5.74) is 11.4. The molecular weight excluding hydrogens is 258 g/mol. The van der Waals surface area contributed by atoms with Crippen molar-refractivity contribution in [2.75, 3.05) is 0 Å². The Morgan fingerprint density at radius 2 is 1.71 bits per heavy atom. The lowest BCUT2D eigenvalue weighted by molar-refractivity contribution is 0.881. The fraction of sp³-hybridized carbons (Fsp3) is 0.167. The predicted octanol–water partition coefficient (Wildman–Crippen LogP) is 3.56. The van der Waals surface area contributed by atoms with Crippen LogP contribution >= 0.6 is 0 Å². The summed E-state index contributed by atoms with van der Waals surface area (Å²) < 4.78 is 1.91. The van der Waals surface area contributed by atoms with Gasteiger partial charge in [0, 0.05) is 23.9 Å². The average Bonchev–Trinajstić information content (AvgIpc) is 3.00. The molecule has 1 heterocycles. The Morgan fingerprint density at radius 1 is 1.00 bits per heavy atom. The lowest BCUT2D eigenvalue weighted by Gasteiger charge is -2.02. The van der Waals surface area contributed by atoms with Gasteiger partial charge in [0.05, 0.1) is 11.4 Å². The van der Waals surface area contributed by atoms with E-state index in [4.69, 9.17) is 10.8 Å². The van der Waals surface area contributed by atoms with Crippen LogP contribution in [0.3, 0.4) is 0 Å². The SMILES string of the molecule is CCc1ccc(-n2cc(CN)c(-c3ccccc3)n2)cc1. The highest BCUT2D eigenvalue weighted by molar-refractivity contribution is 5.63. The molecule has 1 aromatic heterocycles. The molecule has 3 heteroatoms. The Balaban J connectivity index is 2.02. The number of nitrogens with two attached hydrogens (primary N) is 1. The Labute approximate surface area is 125 Å². The summed E-state index contributed by atoms with van der Waals surface area (Å²) in [7, 11) is 0. The van der Waals surface area contributed by atoms with Crippen molar-refractivity contribution in [3.8, 4) is 16.9 Å². The minimum Gasteiger partial charge on any atom is -0.326 e. The van der Waals surface area contributed by atoms with E-state index in [1.807, 2.05) is 29.1 Å². The van der Waals surface area contributed by atoms with Crippen LogP contribution in [0, 0.1) is 0 Å². The second-order valence-electron chi connectivity index (χ2n) is 5.04. The van der Waals surface area contributed by atoms with Crippen LogP contribution < -0.4 is 5.73 Å². The topological polar surface area (TPSA) is 43.8 Å². The summed E-state index contributed by atoms with van der Waals surface area (Å²) in [6.07, 6.45) is 3.06. The van der Waals surface area contributed by atoms with Gasteiger partial charge in [-0.05, 0) is 24.1 Å². The first-order valence-corrected chi connectivity index (χ1v) is 7.25. The molecule has 3 nitrogen and oxygen atoms in total. The van der Waals surface area contributed by atoms with Gasteiger partial charge >= 0.3 is 0 Å². The number of hydrogen-bond acceptors (Lipinski definition) is 2. The van der Waals surface area contributed by atoms with Gasteiger partial charge in [0.1, 0.15) is 0 Å². The second-order valence-corrected chi connectivity index (χ2v) is 5.04. The zero-order valence-electron chi connectivity index (χ0n) is 12.2. The smallest absolute Gasteiger partial charge is 0.0972 e. The van der Waals surface area contributed by atoms with Gasteiger partial charge in [0.25, 0.3) is 0 Å². The molecule has 2 N–H and O–H groups in total. The normalized spacial score (nSPS) is 10.8. The molecule has 0 fully saturated rings. The number of rotatable bonds is 4. The number of aryl methyl sites for hydroxylation is 1. The van der Waals surface area contributed by atoms with Crippen molar-refractivity contribution in [1.29, 1.82) is 0 Å². The van der Waals surface area contributed by atoms with Crippen LogP contribution in [-0.4, -0.2) is 9.78 Å². The fourth-order valence-electron chi connectivity index (χ4n) is 2.41. The molecule has 0 saturated carbocycles. The van der Waals surface area contributed by atoms with E-state index in [2.05, 4.69) is 43.3 Å². The third kappa shape index (κ3) is 2.73. The van der Waals surface area contributed by atoms with Gasteiger partial charge in [-0.15, -0.1) is 0 Å². The van der Waals surface area contributed by atoms with Crippen LogP contribution in [-0.2, 0) is 13.0 Å². The third-order valence-corrected chi connectivity index (χ3v) is 3.67. The maximum atomic E-state index is 5.87. The zero-order valence-corrected chi connectivity index (χ0v) is 12.2. The first kappa shape index (κ1) is 13.6. The molecule has 21 heavy (non-hydrogen) atoms. The summed E-state index contributed by atoms with van der Waals surface area (Å²) >= 11 is 0. The molecule has 0 saturated heterocycles. The van der Waals surface area contributed by atoms with Crippen LogP contribution in [0.15, 0.2) is 60.8 Å². The summed E-state index contributed by atoms with van der Waals surface area (Å²) in [6.45, 7) is 2.64. The number of aromatic nitrogens is 2. The molecule has 0 amide bonds. The molecule has 0 spiro atoms. The molecule has 0 radical (unpaired) electrons. The molecule has 0 aliphatic carbocycles. The van der Waals surface area contributed by atoms with Gasteiger partial charge in [-0.2, -0.15) is 5.10 Å². The first-order valence-electron chi connectivity index (χ1n) is 7.25. The maximum Gasteiger partial charge on any atom is 0.0972 e. The van der Waals surface area contributed by atoms with Gasteiger partial charge in [0.2, 0.25) is 0 Å². The van der Waals surface area contributed by atoms with E-state index in [-0.39, 0.29) is 0 Å². The Bertz CT molecular complexity index is 712. The molecule has 106 valence electrons. The largest absolute Gasteiger partial charge is 0.326 e. The standard InChI is InChI=1S/C18H19N3/c1-2-14-8-10-17(11-9-14)21-13-16(12-19)18(20-21)15-6-4-3-5-7-15/h3-11,13H,2,12,19H2,1H3. The van der Waals surface area contributed by atoms with E-state index >= 15 is 0 Å². The van der Waals surface area contributed by atoms with Gasteiger partial charge < -0.3 is 5.73 Å². The fourth-order valence-corrected chi connectivity index (χ4v) is 2.41. The van der Waals surface area contributed by atoms with E-state index in [0.29, 0.717) is 6.54 Å². The van der Waals surface area contributed by atoms with Crippen molar-refractivity contribution < 1.29 is 0 Å². The van der Waals surface area contributed by atoms with Crippen LogP contribution in [0.1, 0.15) is 18.1 Å². The van der Waals surface area contributed by atoms with E-state index in [1.165, 1.54) is 5.56 Å². The highest BCUT2D eigenvalue weighted by atomic mass is 15.3. The summed E-state index contributed by atoms with van der Waals surface area (Å²) in [6, 6.07) is 18.6. The lowest BCUT2D eigenvalue weighted by Crippen LogP contribution is -1.96. The van der Waals surface area contributed by atoms with E-state index in [0.717, 1.165) is 28.9 Å². The Hall–Kier alpha value is -2.39. The van der Waals surface area contributed by atoms with Crippen LogP contribution in [0.2, 0.25) is 0 Å². The van der Waals surface area contributed by atoms with Crippen molar-refractivity contribution in [2.24, 2.45) is 5.73 Å². The van der Waals surface area contributed by atoms with E-state index in [9.17, 15) is 0 Å². The summed E-state index contributed by atoms with van der Waals surface area (Å²) in [4.78, 5) is 0. The predicted molar refractivity (Wildman–Crippen MR) is 86.3 cm³/mol. The van der Waals surface area contributed by atoms with E-state index < -0.39 is 0 Å². The molecule has 0 aliphatic rings. The molecule has 0 bridgehead atoms. The number of nitrogens with zero attached hydrogens (tertiary/aromatic N) is 2. The molecular formula is C18H19N3. The van der Waals surface area contributed by atoms with Gasteiger partial charge in [-0.3, -0.25) is 0 Å². The summed E-state index contributed by atoms with van der Waals surface area (Å²) in [5, 5.41) is 4.71. The number of hydrogen-bond donors (Lipinski definition) is 1. The highest BCUT2D eigenvalue weighted by Gasteiger charge is 2.10. The molecule has 3 aromatic rings. The van der Waals surface area contributed by atoms with Crippen molar-refractivity contribution in [3.63, 3.8) is 0 Å². The average molecular weight is 277 g/mol. The quantitative estimate of drug-likeness (QED) is 0.792. The molecule has 0 atom stereocenters. The minimum atomic E-state index is 0.483. The second kappa shape index (κ2) is 5.94. The van der Waals surface area contributed by atoms with Crippen molar-refractivity contribution in [1.82, 2.24) is 9.78 Å². The van der Waals surface area contributed by atoms with Crippen molar-refractivity contribution in [3.05, 3.63) is 71.9 Å². The Morgan fingerprint density at radius 3 is 2.33 bits per heavy atom. The number of benzene rings is 2. The summed E-state index contributed by atoms with van der Waals surface area (Å²) in [5.74, 6) is 0. The minimum absolute atomic E-state index is 0.483. The molecule has 3 rings (SSSR count). The first-order chi connectivity index (χ1) is 10.3. The van der Waals surface area contributed by atoms with E-state index in [1.54, 1.807) is 0 Å². The van der Waals surface area contributed by atoms with Crippen LogP contribution in [0.4, 0.5) is 0 Å². The van der Waals surface area contributed by atoms with Gasteiger partial charge in [-0.1, -0.05) is 49.4 Å². The maximum absolute atomic E-state index is 5.87. The van der Waals surface area contributed by atoms with Crippen LogP contribution in [0.5, 0.6) is 0 Å². The highest BCUT2D eigenvalue weighted by Crippen LogP contribution is 2.23. The van der Waals surface area contributed by atoms with Gasteiger partial charge in [0.15, 0.2) is 0 Å². The molecule has 0 aliphatic heterocycles. The monoisotopic (exact) mass is 277 g/mol.